The molecule has 0 saturated heterocycles. The molecule has 0 N–H and O–H groups in total. The van der Waals surface area contributed by atoms with Crippen molar-refractivity contribution in [3.05, 3.63) is 34.3 Å². The van der Waals surface area contributed by atoms with Crippen molar-refractivity contribution in [3.8, 4) is 0 Å². The molecule has 0 aliphatic heterocycles. The Morgan fingerprint density at radius 2 is 2.00 bits per heavy atom. The summed E-state index contributed by atoms with van der Waals surface area (Å²) in [5, 5.41) is 0. The van der Waals surface area contributed by atoms with E-state index in [0.29, 0.717) is 13.2 Å². The topological polar surface area (TPSA) is 35.5 Å². The number of halogens is 1. The minimum atomic E-state index is -0.324. The van der Waals surface area contributed by atoms with Gasteiger partial charge in [0, 0.05) is 4.47 Å². The van der Waals surface area contributed by atoms with Crippen molar-refractivity contribution in [1.29, 1.82) is 0 Å². The third-order valence-electron chi connectivity index (χ3n) is 1.71. The Morgan fingerprint density at radius 1 is 1.33 bits per heavy atom. The van der Waals surface area contributed by atoms with Gasteiger partial charge >= 0.3 is 5.97 Å². The number of esters is 1. The van der Waals surface area contributed by atoms with Gasteiger partial charge in [-0.1, -0.05) is 28.1 Å². The van der Waals surface area contributed by atoms with E-state index in [1.807, 2.05) is 24.3 Å². The molecule has 4 heteroatoms. The van der Waals surface area contributed by atoms with Crippen LogP contribution in [0.15, 0.2) is 28.7 Å². The lowest BCUT2D eigenvalue weighted by atomic mass is 10.2. The monoisotopic (exact) mass is 272 g/mol. The summed E-state index contributed by atoms with van der Waals surface area (Å²) >= 11 is 3.34. The van der Waals surface area contributed by atoms with Crippen LogP contribution in [0.4, 0.5) is 0 Å². The predicted octanol–water partition coefficient (Wildman–Crippen LogP) is 2.53. The quantitative estimate of drug-likeness (QED) is 0.773. The molecule has 82 valence electrons. The third-order valence-corrected chi connectivity index (χ3v) is 2.24. The van der Waals surface area contributed by atoms with E-state index in [1.54, 1.807) is 6.92 Å². The zero-order chi connectivity index (χ0) is 11.1. The van der Waals surface area contributed by atoms with Crippen LogP contribution in [0.25, 0.3) is 0 Å². The lowest BCUT2D eigenvalue weighted by Gasteiger charge is -2.04. The fourth-order valence-corrected chi connectivity index (χ4v) is 1.30. The van der Waals surface area contributed by atoms with Gasteiger partial charge in [-0.3, -0.25) is 0 Å². The molecule has 1 aromatic rings. The standard InChI is InChI=1S/C11H13BrO3/c1-2-15-11(13)8-14-7-9-3-5-10(12)6-4-9/h3-6H,2,7-8H2,1H3. The van der Waals surface area contributed by atoms with Gasteiger partial charge in [0.1, 0.15) is 6.61 Å². The van der Waals surface area contributed by atoms with Crippen molar-refractivity contribution in [2.24, 2.45) is 0 Å². The Balaban J connectivity index is 2.26. The highest BCUT2D eigenvalue weighted by Crippen LogP contribution is 2.10. The van der Waals surface area contributed by atoms with Crippen LogP contribution in [0.2, 0.25) is 0 Å². The number of hydrogen-bond acceptors (Lipinski definition) is 3. The SMILES string of the molecule is CCOC(=O)COCc1ccc(Br)cc1. The Labute approximate surface area is 97.5 Å². The molecule has 0 aliphatic carbocycles. The van der Waals surface area contributed by atoms with Crippen LogP contribution < -0.4 is 0 Å². The maximum atomic E-state index is 10.9. The summed E-state index contributed by atoms with van der Waals surface area (Å²) in [6, 6.07) is 7.75. The van der Waals surface area contributed by atoms with Crippen LogP contribution in [0, 0.1) is 0 Å². The third kappa shape index (κ3) is 4.95. The van der Waals surface area contributed by atoms with E-state index >= 15 is 0 Å². The van der Waals surface area contributed by atoms with E-state index in [2.05, 4.69) is 15.9 Å². The smallest absolute Gasteiger partial charge is 0.332 e. The fraction of sp³-hybridized carbons (Fsp3) is 0.364. The molecule has 1 rings (SSSR count). The normalized spacial score (nSPS) is 10.0. The van der Waals surface area contributed by atoms with E-state index in [4.69, 9.17) is 9.47 Å². The van der Waals surface area contributed by atoms with Crippen molar-refractivity contribution in [2.45, 2.75) is 13.5 Å². The summed E-state index contributed by atoms with van der Waals surface area (Å²) in [6.07, 6.45) is 0. The molecular weight excluding hydrogens is 260 g/mol. The Bertz CT molecular complexity index is 308. The lowest BCUT2D eigenvalue weighted by Crippen LogP contribution is -2.12. The molecule has 0 spiro atoms. The molecule has 3 nitrogen and oxygen atoms in total. The van der Waals surface area contributed by atoms with Crippen LogP contribution >= 0.6 is 15.9 Å². The second-order valence-electron chi connectivity index (χ2n) is 2.92. The predicted molar refractivity (Wildman–Crippen MR) is 60.4 cm³/mol. The van der Waals surface area contributed by atoms with Gasteiger partial charge in [0.15, 0.2) is 0 Å². The summed E-state index contributed by atoms with van der Waals surface area (Å²) in [6.45, 7) is 2.59. The Hall–Kier alpha value is -0.870. The van der Waals surface area contributed by atoms with E-state index in [-0.39, 0.29) is 12.6 Å². The summed E-state index contributed by atoms with van der Waals surface area (Å²) in [4.78, 5) is 10.9. The second kappa shape index (κ2) is 6.58. The molecule has 0 aliphatic rings. The van der Waals surface area contributed by atoms with Gasteiger partial charge in [0.2, 0.25) is 0 Å². The van der Waals surface area contributed by atoms with Gasteiger partial charge in [-0.15, -0.1) is 0 Å². The van der Waals surface area contributed by atoms with Crippen molar-refractivity contribution in [2.75, 3.05) is 13.2 Å². The number of carbonyl (C=O) groups excluding carboxylic acids is 1. The van der Waals surface area contributed by atoms with Gasteiger partial charge in [0.05, 0.1) is 13.2 Å². The summed E-state index contributed by atoms with van der Waals surface area (Å²) in [5.41, 5.74) is 1.03. The first kappa shape index (κ1) is 12.2. The van der Waals surface area contributed by atoms with Gasteiger partial charge < -0.3 is 9.47 Å². The number of hydrogen-bond donors (Lipinski definition) is 0. The highest BCUT2D eigenvalue weighted by atomic mass is 79.9. The molecule has 0 aromatic heterocycles. The highest BCUT2D eigenvalue weighted by molar-refractivity contribution is 9.10. The number of benzene rings is 1. The van der Waals surface area contributed by atoms with Crippen LogP contribution in [0.1, 0.15) is 12.5 Å². The van der Waals surface area contributed by atoms with Gasteiger partial charge in [0.25, 0.3) is 0 Å². The average Bonchev–Trinajstić information content (AvgIpc) is 2.21. The minimum absolute atomic E-state index is 0.00387. The molecule has 0 fully saturated rings. The molecule has 0 unspecified atom stereocenters. The van der Waals surface area contributed by atoms with E-state index in [9.17, 15) is 4.79 Å². The van der Waals surface area contributed by atoms with E-state index in [0.717, 1.165) is 10.0 Å². The zero-order valence-electron chi connectivity index (χ0n) is 8.53. The summed E-state index contributed by atoms with van der Waals surface area (Å²) < 4.78 is 10.9. The molecule has 1 aromatic carbocycles. The summed E-state index contributed by atoms with van der Waals surface area (Å²) in [7, 11) is 0. The molecule has 0 radical (unpaired) electrons. The molecule has 0 amide bonds. The first-order chi connectivity index (χ1) is 7.22. The number of rotatable bonds is 5. The van der Waals surface area contributed by atoms with Crippen LogP contribution in [0.3, 0.4) is 0 Å². The van der Waals surface area contributed by atoms with Crippen molar-refractivity contribution >= 4 is 21.9 Å². The molecule has 0 atom stereocenters. The van der Waals surface area contributed by atoms with E-state index in [1.165, 1.54) is 0 Å². The number of carbonyl (C=O) groups is 1. The van der Waals surface area contributed by atoms with Crippen molar-refractivity contribution < 1.29 is 14.3 Å². The van der Waals surface area contributed by atoms with E-state index < -0.39 is 0 Å². The molecule has 0 saturated carbocycles. The largest absolute Gasteiger partial charge is 0.464 e. The van der Waals surface area contributed by atoms with Gasteiger partial charge in [-0.25, -0.2) is 4.79 Å². The van der Waals surface area contributed by atoms with Crippen LogP contribution in [-0.2, 0) is 20.9 Å². The fourth-order valence-electron chi connectivity index (χ4n) is 1.04. The number of ether oxygens (including phenoxy) is 2. The first-order valence-electron chi connectivity index (χ1n) is 4.70. The Kier molecular flexibility index (Phi) is 5.36. The van der Waals surface area contributed by atoms with Gasteiger partial charge in [-0.05, 0) is 24.6 Å². The molecular formula is C11H13BrO3. The zero-order valence-corrected chi connectivity index (χ0v) is 10.1. The molecule has 15 heavy (non-hydrogen) atoms. The van der Waals surface area contributed by atoms with Gasteiger partial charge in [-0.2, -0.15) is 0 Å². The Morgan fingerprint density at radius 3 is 2.60 bits per heavy atom. The lowest BCUT2D eigenvalue weighted by molar-refractivity contribution is -0.148. The highest BCUT2D eigenvalue weighted by Gasteiger charge is 2.01. The molecule has 0 bridgehead atoms. The maximum absolute atomic E-state index is 10.9. The van der Waals surface area contributed by atoms with Crippen LogP contribution in [0.5, 0.6) is 0 Å². The second-order valence-corrected chi connectivity index (χ2v) is 3.84. The van der Waals surface area contributed by atoms with Crippen molar-refractivity contribution in [3.63, 3.8) is 0 Å². The summed E-state index contributed by atoms with van der Waals surface area (Å²) in [5.74, 6) is -0.324. The maximum Gasteiger partial charge on any atom is 0.332 e. The molecule has 0 heterocycles. The average molecular weight is 273 g/mol. The van der Waals surface area contributed by atoms with Crippen LogP contribution in [-0.4, -0.2) is 19.2 Å². The minimum Gasteiger partial charge on any atom is -0.464 e. The first-order valence-corrected chi connectivity index (χ1v) is 5.49. The van der Waals surface area contributed by atoms with Crippen molar-refractivity contribution in [1.82, 2.24) is 0 Å².